The van der Waals surface area contributed by atoms with Gasteiger partial charge in [-0.2, -0.15) is 0 Å². The van der Waals surface area contributed by atoms with Crippen LogP contribution >= 0.6 is 0 Å². The molecule has 0 saturated carbocycles. The molecule has 0 aromatic carbocycles. The molecule has 3 nitrogen and oxygen atoms in total. The van der Waals surface area contributed by atoms with Crippen LogP contribution in [0.3, 0.4) is 0 Å². The average Bonchev–Trinajstić information content (AvgIpc) is 2.58. The van der Waals surface area contributed by atoms with Gasteiger partial charge in [0.05, 0.1) is 12.3 Å². The Morgan fingerprint density at radius 3 is 3.09 bits per heavy atom. The minimum absolute atomic E-state index is 0.360. The first kappa shape index (κ1) is 6.88. The van der Waals surface area contributed by atoms with E-state index in [4.69, 9.17) is 4.42 Å². The number of hydrogen-bond acceptors (Lipinski definition) is 3. The summed E-state index contributed by atoms with van der Waals surface area (Å²) in [7, 11) is 0. The van der Waals surface area contributed by atoms with E-state index in [2.05, 4.69) is 10.6 Å². The van der Waals surface area contributed by atoms with Crippen LogP contribution < -0.4 is 10.6 Å². The number of nitrogens with one attached hydrogen (secondary N) is 2. The molecule has 1 fully saturated rings. The van der Waals surface area contributed by atoms with E-state index in [1.807, 2.05) is 12.1 Å². The van der Waals surface area contributed by atoms with Gasteiger partial charge in [-0.3, -0.25) is 0 Å². The Morgan fingerprint density at radius 2 is 2.45 bits per heavy atom. The first-order valence-electron chi connectivity index (χ1n) is 3.94. The lowest BCUT2D eigenvalue weighted by molar-refractivity contribution is 0.363. The Hall–Kier alpha value is -0.800. The van der Waals surface area contributed by atoms with E-state index < -0.39 is 0 Å². The van der Waals surface area contributed by atoms with Gasteiger partial charge in [0.2, 0.25) is 0 Å². The zero-order valence-electron chi connectivity index (χ0n) is 6.34. The van der Waals surface area contributed by atoms with Crippen LogP contribution in [-0.2, 0) is 0 Å². The maximum absolute atomic E-state index is 5.27. The minimum atomic E-state index is 0.360. The Labute approximate surface area is 65.8 Å². The third-order valence-electron chi connectivity index (χ3n) is 1.93. The average molecular weight is 152 g/mol. The van der Waals surface area contributed by atoms with Gasteiger partial charge in [-0.05, 0) is 12.1 Å². The number of hydrogen-bond donors (Lipinski definition) is 2. The molecule has 2 N–H and O–H groups in total. The molecule has 0 radical (unpaired) electrons. The second-order valence-corrected chi connectivity index (χ2v) is 2.73. The molecule has 1 aromatic rings. The summed E-state index contributed by atoms with van der Waals surface area (Å²) >= 11 is 0. The van der Waals surface area contributed by atoms with Gasteiger partial charge < -0.3 is 15.1 Å². The molecule has 1 saturated heterocycles. The summed E-state index contributed by atoms with van der Waals surface area (Å²) in [5, 5.41) is 6.67. The van der Waals surface area contributed by atoms with Crippen LogP contribution in [0.1, 0.15) is 11.8 Å². The van der Waals surface area contributed by atoms with Crippen molar-refractivity contribution in [1.82, 2.24) is 10.6 Å². The van der Waals surface area contributed by atoms with Gasteiger partial charge in [0, 0.05) is 19.6 Å². The fraction of sp³-hybridized carbons (Fsp3) is 0.500. The molecule has 11 heavy (non-hydrogen) atoms. The molecule has 0 aliphatic carbocycles. The zero-order valence-corrected chi connectivity index (χ0v) is 6.34. The van der Waals surface area contributed by atoms with E-state index in [1.54, 1.807) is 6.26 Å². The van der Waals surface area contributed by atoms with Gasteiger partial charge in [-0.15, -0.1) is 0 Å². The highest BCUT2D eigenvalue weighted by atomic mass is 16.3. The van der Waals surface area contributed by atoms with Crippen molar-refractivity contribution in [2.45, 2.75) is 6.04 Å². The van der Waals surface area contributed by atoms with Crippen molar-refractivity contribution in [2.75, 3.05) is 19.6 Å². The number of furan rings is 1. The second-order valence-electron chi connectivity index (χ2n) is 2.73. The van der Waals surface area contributed by atoms with Crippen molar-refractivity contribution < 1.29 is 4.42 Å². The Morgan fingerprint density at radius 1 is 1.45 bits per heavy atom. The Balaban J connectivity index is 2.04. The minimum Gasteiger partial charge on any atom is -0.468 e. The molecule has 0 spiro atoms. The molecule has 3 heteroatoms. The third-order valence-corrected chi connectivity index (χ3v) is 1.93. The topological polar surface area (TPSA) is 37.2 Å². The molecule has 0 bridgehead atoms. The van der Waals surface area contributed by atoms with Crippen LogP contribution in [0.2, 0.25) is 0 Å². The molecule has 2 heterocycles. The maximum Gasteiger partial charge on any atom is 0.121 e. The van der Waals surface area contributed by atoms with Crippen molar-refractivity contribution in [1.29, 1.82) is 0 Å². The maximum atomic E-state index is 5.27. The van der Waals surface area contributed by atoms with Crippen LogP contribution in [-0.4, -0.2) is 19.6 Å². The summed E-state index contributed by atoms with van der Waals surface area (Å²) < 4.78 is 5.27. The monoisotopic (exact) mass is 152 g/mol. The summed E-state index contributed by atoms with van der Waals surface area (Å²) in [5.74, 6) is 1.03. The van der Waals surface area contributed by atoms with Gasteiger partial charge >= 0.3 is 0 Å². The molecule has 1 atom stereocenters. The number of piperazine rings is 1. The zero-order chi connectivity index (χ0) is 7.52. The van der Waals surface area contributed by atoms with E-state index in [9.17, 15) is 0 Å². The smallest absolute Gasteiger partial charge is 0.121 e. The van der Waals surface area contributed by atoms with Crippen LogP contribution in [0, 0.1) is 0 Å². The van der Waals surface area contributed by atoms with E-state index in [1.165, 1.54) is 0 Å². The molecule has 1 aliphatic rings. The molecule has 0 unspecified atom stereocenters. The van der Waals surface area contributed by atoms with Gasteiger partial charge in [0.25, 0.3) is 0 Å². The van der Waals surface area contributed by atoms with E-state index >= 15 is 0 Å². The van der Waals surface area contributed by atoms with Crippen molar-refractivity contribution in [3.8, 4) is 0 Å². The van der Waals surface area contributed by atoms with Crippen LogP contribution in [0.5, 0.6) is 0 Å². The normalized spacial score (nSPS) is 25.3. The standard InChI is InChI=1S/C8H12N2O/c1-2-8(11-5-1)7-6-9-3-4-10-7/h1-2,5,7,9-10H,3-4,6H2/t7-/m0/s1. The summed E-state index contributed by atoms with van der Waals surface area (Å²) in [6, 6.07) is 4.29. The largest absolute Gasteiger partial charge is 0.468 e. The van der Waals surface area contributed by atoms with Gasteiger partial charge in [0.15, 0.2) is 0 Å². The molecular weight excluding hydrogens is 140 g/mol. The predicted octanol–water partition coefficient (Wildman–Crippen LogP) is 0.513. The molecule has 1 aliphatic heterocycles. The number of rotatable bonds is 1. The van der Waals surface area contributed by atoms with E-state index in [-0.39, 0.29) is 0 Å². The van der Waals surface area contributed by atoms with Crippen molar-refractivity contribution in [3.05, 3.63) is 24.2 Å². The summed E-state index contributed by atoms with van der Waals surface area (Å²) in [5.41, 5.74) is 0. The highest BCUT2D eigenvalue weighted by molar-refractivity contribution is 5.05. The van der Waals surface area contributed by atoms with Gasteiger partial charge in [0.1, 0.15) is 5.76 Å². The van der Waals surface area contributed by atoms with Crippen LogP contribution in [0.15, 0.2) is 22.8 Å². The molecule has 1 aromatic heterocycles. The molecular formula is C8H12N2O. The fourth-order valence-electron chi connectivity index (χ4n) is 1.34. The molecule has 60 valence electrons. The third kappa shape index (κ3) is 1.44. The van der Waals surface area contributed by atoms with Gasteiger partial charge in [-0.1, -0.05) is 0 Å². The summed E-state index contributed by atoms with van der Waals surface area (Å²) in [4.78, 5) is 0. The lowest BCUT2D eigenvalue weighted by atomic mass is 10.2. The predicted molar refractivity (Wildman–Crippen MR) is 42.3 cm³/mol. The first-order chi connectivity index (χ1) is 5.47. The quantitative estimate of drug-likeness (QED) is 0.615. The second kappa shape index (κ2) is 3.07. The van der Waals surface area contributed by atoms with Crippen molar-refractivity contribution >= 4 is 0 Å². The molecule has 2 rings (SSSR count). The Bertz CT molecular complexity index is 202. The lowest BCUT2D eigenvalue weighted by Crippen LogP contribution is -2.42. The van der Waals surface area contributed by atoms with Gasteiger partial charge in [-0.25, -0.2) is 0 Å². The Kier molecular flexibility index (Phi) is 1.92. The van der Waals surface area contributed by atoms with Crippen molar-refractivity contribution in [2.24, 2.45) is 0 Å². The fourth-order valence-corrected chi connectivity index (χ4v) is 1.34. The van der Waals surface area contributed by atoms with Crippen molar-refractivity contribution in [3.63, 3.8) is 0 Å². The highest BCUT2D eigenvalue weighted by Crippen LogP contribution is 2.13. The summed E-state index contributed by atoms with van der Waals surface area (Å²) in [6.45, 7) is 3.04. The van der Waals surface area contributed by atoms with Crippen LogP contribution in [0.4, 0.5) is 0 Å². The van der Waals surface area contributed by atoms with E-state index in [0.717, 1.165) is 25.4 Å². The molecule has 0 amide bonds. The first-order valence-corrected chi connectivity index (χ1v) is 3.94. The SMILES string of the molecule is c1coc([C@@H]2CNCCN2)c1. The summed E-state index contributed by atoms with van der Waals surface area (Å²) in [6.07, 6.45) is 1.71. The highest BCUT2D eigenvalue weighted by Gasteiger charge is 2.15. The lowest BCUT2D eigenvalue weighted by Gasteiger charge is -2.22. The van der Waals surface area contributed by atoms with E-state index in [0.29, 0.717) is 6.04 Å². The van der Waals surface area contributed by atoms with Crippen LogP contribution in [0.25, 0.3) is 0 Å².